The van der Waals surface area contributed by atoms with Crippen molar-refractivity contribution < 1.29 is 33.3 Å². The van der Waals surface area contributed by atoms with Crippen LogP contribution in [0.3, 0.4) is 0 Å². The average molecular weight is 442 g/mol. The van der Waals surface area contributed by atoms with Gasteiger partial charge in [0.05, 0.1) is 23.6 Å². The summed E-state index contributed by atoms with van der Waals surface area (Å²) in [6.07, 6.45) is 0. The predicted molar refractivity (Wildman–Crippen MR) is 98.9 cm³/mol. The number of nitrogens with one attached hydrogen (secondary N) is 1. The SMILES string of the molecule is COc1ccc(Nc2c3ccccc3[n+](C)c3ccccc23)cc1.[I-]. The third kappa shape index (κ3) is 3.14. The van der Waals surface area contributed by atoms with Crippen LogP contribution in [0.4, 0.5) is 11.4 Å². The number of halogens is 1. The van der Waals surface area contributed by atoms with Crippen LogP contribution in [0, 0.1) is 0 Å². The Kier molecular flexibility index (Phi) is 5.08. The van der Waals surface area contributed by atoms with E-state index in [4.69, 9.17) is 4.74 Å². The van der Waals surface area contributed by atoms with Gasteiger partial charge in [-0.15, -0.1) is 0 Å². The summed E-state index contributed by atoms with van der Waals surface area (Å²) in [4.78, 5) is 0. The highest BCUT2D eigenvalue weighted by Gasteiger charge is 2.17. The second-order valence-corrected chi connectivity index (χ2v) is 5.82. The van der Waals surface area contributed by atoms with Gasteiger partial charge < -0.3 is 34.0 Å². The molecule has 0 aliphatic carbocycles. The minimum atomic E-state index is 0. The number of aryl methyl sites for hydroxylation is 1. The molecule has 0 saturated heterocycles. The van der Waals surface area contributed by atoms with Gasteiger partial charge in [0.2, 0.25) is 11.0 Å². The van der Waals surface area contributed by atoms with Crippen molar-refractivity contribution in [2.45, 2.75) is 0 Å². The second kappa shape index (κ2) is 7.27. The number of nitrogens with zero attached hydrogens (tertiary/aromatic N) is 1. The number of hydrogen-bond donors (Lipinski definition) is 1. The van der Waals surface area contributed by atoms with E-state index in [1.165, 1.54) is 21.8 Å². The van der Waals surface area contributed by atoms with Crippen molar-refractivity contribution in [2.24, 2.45) is 7.05 Å². The molecular weight excluding hydrogens is 423 g/mol. The molecule has 1 aromatic heterocycles. The van der Waals surface area contributed by atoms with Crippen LogP contribution < -0.4 is 38.6 Å². The molecule has 0 radical (unpaired) electrons. The molecule has 0 spiro atoms. The number of ether oxygens (including phenoxy) is 1. The third-order valence-electron chi connectivity index (χ3n) is 4.43. The first-order chi connectivity index (χ1) is 11.8. The molecule has 0 saturated carbocycles. The number of methoxy groups -OCH3 is 1. The van der Waals surface area contributed by atoms with Crippen LogP contribution in [0.15, 0.2) is 72.8 Å². The third-order valence-corrected chi connectivity index (χ3v) is 4.43. The highest BCUT2D eigenvalue weighted by Crippen LogP contribution is 2.32. The van der Waals surface area contributed by atoms with E-state index in [0.717, 1.165) is 17.1 Å². The van der Waals surface area contributed by atoms with Gasteiger partial charge in [-0.25, -0.2) is 0 Å². The van der Waals surface area contributed by atoms with Gasteiger partial charge in [-0.1, -0.05) is 24.3 Å². The number of hydrogen-bond acceptors (Lipinski definition) is 2. The van der Waals surface area contributed by atoms with Gasteiger partial charge in [0.15, 0.2) is 0 Å². The van der Waals surface area contributed by atoms with Crippen LogP contribution in [-0.2, 0) is 7.05 Å². The van der Waals surface area contributed by atoms with E-state index < -0.39 is 0 Å². The molecule has 0 amide bonds. The molecule has 0 aliphatic heterocycles. The van der Waals surface area contributed by atoms with Gasteiger partial charge in [-0.05, 0) is 36.4 Å². The van der Waals surface area contributed by atoms with E-state index in [9.17, 15) is 0 Å². The fourth-order valence-corrected chi connectivity index (χ4v) is 3.18. The Morgan fingerprint density at radius 3 is 1.80 bits per heavy atom. The van der Waals surface area contributed by atoms with Crippen LogP contribution in [0.25, 0.3) is 21.8 Å². The lowest BCUT2D eigenvalue weighted by Gasteiger charge is -2.13. The monoisotopic (exact) mass is 442 g/mol. The second-order valence-electron chi connectivity index (χ2n) is 5.82. The number of para-hydroxylation sites is 2. The van der Waals surface area contributed by atoms with Crippen molar-refractivity contribution in [1.29, 1.82) is 0 Å². The Hall–Kier alpha value is -2.34. The van der Waals surface area contributed by atoms with Crippen molar-refractivity contribution in [1.82, 2.24) is 0 Å². The van der Waals surface area contributed by atoms with E-state index >= 15 is 0 Å². The molecule has 4 aromatic rings. The molecule has 4 heteroatoms. The summed E-state index contributed by atoms with van der Waals surface area (Å²) in [5.74, 6) is 0.856. The van der Waals surface area contributed by atoms with Gasteiger partial charge >= 0.3 is 0 Å². The van der Waals surface area contributed by atoms with Crippen molar-refractivity contribution in [3.8, 4) is 5.75 Å². The molecule has 3 nitrogen and oxygen atoms in total. The minimum absolute atomic E-state index is 0. The Balaban J connectivity index is 0.00000182. The number of pyridine rings is 1. The number of benzene rings is 3. The number of anilines is 2. The first-order valence-corrected chi connectivity index (χ1v) is 7.98. The first kappa shape index (κ1) is 17.5. The number of aromatic nitrogens is 1. The highest BCUT2D eigenvalue weighted by atomic mass is 127. The van der Waals surface area contributed by atoms with Crippen molar-refractivity contribution in [3.63, 3.8) is 0 Å². The summed E-state index contributed by atoms with van der Waals surface area (Å²) in [6, 6.07) is 25.0. The summed E-state index contributed by atoms with van der Waals surface area (Å²) < 4.78 is 7.48. The maximum atomic E-state index is 5.24. The fraction of sp³-hybridized carbons (Fsp3) is 0.0952. The van der Waals surface area contributed by atoms with Crippen molar-refractivity contribution in [3.05, 3.63) is 72.8 Å². The van der Waals surface area contributed by atoms with E-state index in [1.807, 2.05) is 24.3 Å². The molecule has 0 aliphatic rings. The van der Waals surface area contributed by atoms with Crippen LogP contribution in [0.5, 0.6) is 5.75 Å². The summed E-state index contributed by atoms with van der Waals surface area (Å²) >= 11 is 0. The predicted octanol–water partition coefficient (Wildman–Crippen LogP) is 1.57. The average Bonchev–Trinajstić information content (AvgIpc) is 2.65. The smallest absolute Gasteiger partial charge is 0.214 e. The highest BCUT2D eigenvalue weighted by molar-refractivity contribution is 6.06. The Morgan fingerprint density at radius 1 is 0.760 bits per heavy atom. The fourth-order valence-electron chi connectivity index (χ4n) is 3.18. The minimum Gasteiger partial charge on any atom is -1.00 e. The van der Waals surface area contributed by atoms with Gasteiger partial charge in [0, 0.05) is 17.8 Å². The lowest BCUT2D eigenvalue weighted by molar-refractivity contribution is -0.617. The molecule has 3 aromatic carbocycles. The lowest BCUT2D eigenvalue weighted by atomic mass is 10.1. The molecule has 0 bridgehead atoms. The molecular formula is C21H19IN2O. The van der Waals surface area contributed by atoms with Gasteiger partial charge in [0.25, 0.3) is 0 Å². The zero-order valence-corrected chi connectivity index (χ0v) is 16.3. The Bertz CT molecular complexity index is 972. The van der Waals surface area contributed by atoms with E-state index in [1.54, 1.807) is 7.11 Å². The summed E-state index contributed by atoms with van der Waals surface area (Å²) in [7, 11) is 3.79. The van der Waals surface area contributed by atoms with E-state index in [0.29, 0.717) is 0 Å². The maximum Gasteiger partial charge on any atom is 0.214 e. The van der Waals surface area contributed by atoms with Crippen LogP contribution in [-0.4, -0.2) is 7.11 Å². The Labute approximate surface area is 164 Å². The maximum absolute atomic E-state index is 5.24. The molecule has 0 unspecified atom stereocenters. The van der Waals surface area contributed by atoms with E-state index in [2.05, 4.69) is 65.5 Å². The van der Waals surface area contributed by atoms with Gasteiger partial charge in [-0.2, -0.15) is 4.57 Å². The van der Waals surface area contributed by atoms with Gasteiger partial charge in [-0.3, -0.25) is 0 Å². The van der Waals surface area contributed by atoms with Crippen LogP contribution in [0.2, 0.25) is 0 Å². The number of rotatable bonds is 3. The summed E-state index contributed by atoms with van der Waals surface area (Å²) in [5, 5.41) is 6.01. The molecule has 126 valence electrons. The topological polar surface area (TPSA) is 25.1 Å². The standard InChI is InChI=1S/C21H18N2O.HI/c1-23-19-9-5-3-7-17(19)21(18-8-4-6-10-20(18)23)22-15-11-13-16(24-2)14-12-15;/h3-14H,1-2H3;1H. The lowest BCUT2D eigenvalue weighted by Crippen LogP contribution is -3.00. The number of fused-ring (bicyclic) bond motifs is 2. The largest absolute Gasteiger partial charge is 1.00 e. The van der Waals surface area contributed by atoms with Crippen molar-refractivity contribution >= 4 is 33.2 Å². The first-order valence-electron chi connectivity index (χ1n) is 7.98. The summed E-state index contributed by atoms with van der Waals surface area (Å²) in [5.41, 5.74) is 4.57. The Morgan fingerprint density at radius 2 is 1.28 bits per heavy atom. The summed E-state index contributed by atoms with van der Waals surface area (Å²) in [6.45, 7) is 0. The van der Waals surface area contributed by atoms with Gasteiger partial charge in [0.1, 0.15) is 12.8 Å². The van der Waals surface area contributed by atoms with E-state index in [-0.39, 0.29) is 24.0 Å². The zero-order valence-electron chi connectivity index (χ0n) is 14.2. The zero-order chi connectivity index (χ0) is 16.5. The van der Waals surface area contributed by atoms with Crippen LogP contribution >= 0.6 is 0 Å². The normalized spacial score (nSPS) is 10.5. The van der Waals surface area contributed by atoms with Crippen LogP contribution in [0.1, 0.15) is 0 Å². The molecule has 0 atom stereocenters. The molecule has 25 heavy (non-hydrogen) atoms. The molecule has 1 heterocycles. The molecule has 0 fully saturated rings. The van der Waals surface area contributed by atoms with Crippen molar-refractivity contribution in [2.75, 3.05) is 12.4 Å². The quantitative estimate of drug-likeness (QED) is 0.296. The molecule has 4 rings (SSSR count). The molecule has 1 N–H and O–H groups in total.